The molecule has 4 rings (SSSR count). The molecule has 8 heteroatoms. The van der Waals surface area contributed by atoms with Gasteiger partial charge in [-0.15, -0.1) is 0 Å². The number of likely N-dealkylation sites (tertiary alicyclic amines) is 1. The molecule has 2 N–H and O–H groups in total. The number of H-pyrrole nitrogens is 1. The van der Waals surface area contributed by atoms with Crippen LogP contribution < -0.4 is 10.1 Å². The van der Waals surface area contributed by atoms with Crippen LogP contribution >= 0.6 is 0 Å². The fourth-order valence-corrected chi connectivity index (χ4v) is 3.54. The number of amides is 2. The fraction of sp³-hybridized carbons (Fsp3) is 0.273. The quantitative estimate of drug-likeness (QED) is 0.680. The largest absolute Gasteiger partial charge is 0.497 e. The van der Waals surface area contributed by atoms with Crippen molar-refractivity contribution in [2.45, 2.75) is 12.8 Å². The minimum atomic E-state index is -0.261. The highest BCUT2D eigenvalue weighted by molar-refractivity contribution is 5.95. The zero-order valence-electron chi connectivity index (χ0n) is 16.7. The van der Waals surface area contributed by atoms with Gasteiger partial charge in [0.1, 0.15) is 17.1 Å². The molecule has 2 amide bonds. The predicted octanol–water partition coefficient (Wildman–Crippen LogP) is 2.97. The Labute approximate surface area is 174 Å². The van der Waals surface area contributed by atoms with Crippen molar-refractivity contribution in [2.24, 2.45) is 5.92 Å². The molecule has 0 radical (unpaired) electrons. The maximum Gasteiger partial charge on any atom is 0.271 e. The minimum absolute atomic E-state index is 0.0866. The first-order valence-corrected chi connectivity index (χ1v) is 9.85. The molecule has 1 aliphatic heterocycles. The summed E-state index contributed by atoms with van der Waals surface area (Å²) in [6.45, 7) is 0.988. The first-order chi connectivity index (χ1) is 14.6. The van der Waals surface area contributed by atoms with E-state index in [1.807, 2.05) is 18.2 Å². The summed E-state index contributed by atoms with van der Waals surface area (Å²) >= 11 is 0. The first-order valence-electron chi connectivity index (χ1n) is 9.85. The number of methoxy groups -OCH3 is 1. The lowest BCUT2D eigenvalue weighted by molar-refractivity contribution is -0.121. The van der Waals surface area contributed by atoms with Crippen LogP contribution in [0.3, 0.4) is 0 Å². The highest BCUT2D eigenvalue weighted by Crippen LogP contribution is 2.22. The molecule has 1 atom stereocenters. The van der Waals surface area contributed by atoms with Crippen molar-refractivity contribution >= 4 is 17.5 Å². The van der Waals surface area contributed by atoms with Gasteiger partial charge in [-0.05, 0) is 55.3 Å². The van der Waals surface area contributed by atoms with Crippen LogP contribution in [0.4, 0.5) is 5.69 Å². The number of carbonyl (C=O) groups is 2. The molecule has 0 aliphatic carbocycles. The van der Waals surface area contributed by atoms with Crippen molar-refractivity contribution in [2.75, 3.05) is 25.5 Å². The summed E-state index contributed by atoms with van der Waals surface area (Å²) in [6, 6.07) is 14.4. The second-order valence-electron chi connectivity index (χ2n) is 7.19. The molecule has 0 bridgehead atoms. The van der Waals surface area contributed by atoms with E-state index in [2.05, 4.69) is 20.5 Å². The van der Waals surface area contributed by atoms with Crippen molar-refractivity contribution < 1.29 is 14.3 Å². The van der Waals surface area contributed by atoms with Gasteiger partial charge in [-0.1, -0.05) is 6.07 Å². The average Bonchev–Trinajstić information content (AvgIpc) is 3.30. The summed E-state index contributed by atoms with van der Waals surface area (Å²) in [5.41, 5.74) is 2.41. The molecule has 1 fully saturated rings. The van der Waals surface area contributed by atoms with E-state index in [0.717, 1.165) is 18.6 Å². The number of anilines is 1. The van der Waals surface area contributed by atoms with Crippen LogP contribution in [0.2, 0.25) is 0 Å². The van der Waals surface area contributed by atoms with E-state index in [1.165, 1.54) is 0 Å². The van der Waals surface area contributed by atoms with Gasteiger partial charge in [-0.3, -0.25) is 19.7 Å². The fourth-order valence-electron chi connectivity index (χ4n) is 3.54. The number of hydrogen-bond acceptors (Lipinski definition) is 5. The van der Waals surface area contributed by atoms with E-state index in [-0.39, 0.29) is 17.7 Å². The average molecular weight is 405 g/mol. The summed E-state index contributed by atoms with van der Waals surface area (Å²) in [6.07, 6.45) is 3.20. The summed E-state index contributed by atoms with van der Waals surface area (Å²) in [5, 5.41) is 9.93. The summed E-state index contributed by atoms with van der Waals surface area (Å²) in [5.74, 6) is 0.220. The normalized spacial score (nSPS) is 16.2. The van der Waals surface area contributed by atoms with Crippen LogP contribution in [0.1, 0.15) is 23.3 Å². The summed E-state index contributed by atoms with van der Waals surface area (Å²) < 4.78 is 5.13. The predicted molar refractivity (Wildman–Crippen MR) is 112 cm³/mol. The third kappa shape index (κ3) is 4.32. The van der Waals surface area contributed by atoms with Crippen LogP contribution in [0.25, 0.3) is 11.4 Å². The molecule has 8 nitrogen and oxygen atoms in total. The molecule has 154 valence electrons. The van der Waals surface area contributed by atoms with Crippen LogP contribution in [0.15, 0.2) is 54.7 Å². The third-order valence-corrected chi connectivity index (χ3v) is 5.17. The Morgan fingerprint density at radius 2 is 2.00 bits per heavy atom. The summed E-state index contributed by atoms with van der Waals surface area (Å²) in [7, 11) is 1.60. The maximum atomic E-state index is 12.9. The Bertz CT molecular complexity index is 1020. The van der Waals surface area contributed by atoms with E-state index in [1.54, 1.807) is 48.5 Å². The Hall–Kier alpha value is -3.68. The van der Waals surface area contributed by atoms with Crippen molar-refractivity contribution in [1.29, 1.82) is 0 Å². The number of piperidine rings is 1. The molecule has 1 saturated heterocycles. The zero-order valence-corrected chi connectivity index (χ0v) is 16.7. The Kier molecular flexibility index (Phi) is 5.74. The molecule has 0 spiro atoms. The first kappa shape index (κ1) is 19.6. The number of hydrogen-bond donors (Lipinski definition) is 2. The van der Waals surface area contributed by atoms with Gasteiger partial charge in [0.15, 0.2) is 0 Å². The number of aromatic amines is 1. The number of nitrogens with zero attached hydrogens (tertiary/aromatic N) is 3. The van der Waals surface area contributed by atoms with Gasteiger partial charge >= 0.3 is 0 Å². The van der Waals surface area contributed by atoms with Gasteiger partial charge < -0.3 is 15.0 Å². The lowest BCUT2D eigenvalue weighted by Crippen LogP contribution is -2.43. The minimum Gasteiger partial charge on any atom is -0.497 e. The number of ether oxygens (including phenoxy) is 1. The second-order valence-corrected chi connectivity index (χ2v) is 7.19. The maximum absolute atomic E-state index is 12.9. The van der Waals surface area contributed by atoms with Crippen LogP contribution in [0.5, 0.6) is 5.75 Å². The monoisotopic (exact) mass is 405 g/mol. The SMILES string of the molecule is COc1ccc(NC(=O)[C@@H]2CCCN(C(=O)c3cc(-c4ccccn4)n[nH]3)C2)cc1. The Morgan fingerprint density at radius 1 is 1.17 bits per heavy atom. The smallest absolute Gasteiger partial charge is 0.271 e. The van der Waals surface area contributed by atoms with Gasteiger partial charge in [-0.25, -0.2) is 0 Å². The second kappa shape index (κ2) is 8.77. The van der Waals surface area contributed by atoms with E-state index in [0.29, 0.717) is 35.9 Å². The van der Waals surface area contributed by atoms with Gasteiger partial charge in [-0.2, -0.15) is 5.10 Å². The van der Waals surface area contributed by atoms with Crippen molar-refractivity contribution in [3.8, 4) is 17.1 Å². The zero-order chi connectivity index (χ0) is 20.9. The molecular formula is C22H23N5O3. The Morgan fingerprint density at radius 3 is 2.73 bits per heavy atom. The highest BCUT2D eigenvalue weighted by Gasteiger charge is 2.29. The molecule has 2 aromatic heterocycles. The number of pyridine rings is 1. The molecule has 3 heterocycles. The van der Waals surface area contributed by atoms with Gasteiger partial charge in [0.2, 0.25) is 5.91 Å². The van der Waals surface area contributed by atoms with Gasteiger partial charge in [0.05, 0.1) is 18.7 Å². The van der Waals surface area contributed by atoms with Crippen LogP contribution in [0, 0.1) is 5.92 Å². The topological polar surface area (TPSA) is 100 Å². The van der Waals surface area contributed by atoms with Gasteiger partial charge in [0.25, 0.3) is 5.91 Å². The number of carbonyl (C=O) groups excluding carboxylic acids is 2. The molecule has 3 aromatic rings. The molecule has 30 heavy (non-hydrogen) atoms. The van der Waals surface area contributed by atoms with E-state index in [4.69, 9.17) is 4.74 Å². The highest BCUT2D eigenvalue weighted by atomic mass is 16.5. The number of rotatable bonds is 5. The van der Waals surface area contributed by atoms with Crippen LogP contribution in [-0.2, 0) is 4.79 Å². The lowest BCUT2D eigenvalue weighted by Gasteiger charge is -2.31. The van der Waals surface area contributed by atoms with E-state index in [9.17, 15) is 9.59 Å². The van der Waals surface area contributed by atoms with Crippen LogP contribution in [-0.4, -0.2) is 52.1 Å². The number of benzene rings is 1. The number of aromatic nitrogens is 3. The van der Waals surface area contributed by atoms with E-state index >= 15 is 0 Å². The molecule has 0 unspecified atom stereocenters. The van der Waals surface area contributed by atoms with E-state index < -0.39 is 0 Å². The van der Waals surface area contributed by atoms with Crippen molar-refractivity contribution in [1.82, 2.24) is 20.1 Å². The third-order valence-electron chi connectivity index (χ3n) is 5.17. The van der Waals surface area contributed by atoms with Crippen molar-refractivity contribution in [3.63, 3.8) is 0 Å². The summed E-state index contributed by atoms with van der Waals surface area (Å²) in [4.78, 5) is 31.6. The lowest BCUT2D eigenvalue weighted by atomic mass is 9.96. The molecule has 1 aliphatic rings. The molecule has 0 saturated carbocycles. The molecular weight excluding hydrogens is 382 g/mol. The number of nitrogens with one attached hydrogen (secondary N) is 2. The molecule has 1 aromatic carbocycles. The standard InChI is InChI=1S/C22H23N5O3/c1-30-17-9-7-16(8-10-17)24-21(28)15-5-4-12-27(14-15)22(29)20-13-19(25-26-20)18-6-2-3-11-23-18/h2-3,6-11,13,15H,4-5,12,14H2,1H3,(H,24,28)(H,25,26)/t15-/m1/s1. The van der Waals surface area contributed by atoms with Gasteiger partial charge in [0, 0.05) is 25.0 Å². The Balaban J connectivity index is 1.40. The van der Waals surface area contributed by atoms with Crippen molar-refractivity contribution in [3.05, 3.63) is 60.4 Å².